The van der Waals surface area contributed by atoms with E-state index in [1.165, 1.54) is 12.3 Å². The smallest absolute Gasteiger partial charge is 0.280 e. The third-order valence-electron chi connectivity index (χ3n) is 2.05. The van der Waals surface area contributed by atoms with Crippen LogP contribution in [0.3, 0.4) is 0 Å². The number of hydrogen-bond donors (Lipinski definition) is 1. The predicted molar refractivity (Wildman–Crippen MR) is 56.8 cm³/mol. The Morgan fingerprint density at radius 2 is 2.00 bits per heavy atom. The fraction of sp³-hybridized carbons (Fsp3) is 0.0909. The zero-order valence-corrected chi connectivity index (χ0v) is 8.27. The normalized spacial score (nSPS) is 10.7. The Morgan fingerprint density at radius 1 is 1.19 bits per heavy atom. The molecule has 16 heavy (non-hydrogen) atoms. The highest BCUT2D eigenvalue weighted by atomic mass is 19.3. The standard InChI is InChI=1S/C11H9F2N3/c12-10(13)9-4-5-15-11(16-9)7-2-1-3-8(14)6-7/h1-6,10H,14H2. The summed E-state index contributed by atoms with van der Waals surface area (Å²) in [6, 6.07) is 8.00. The van der Waals surface area contributed by atoms with Crippen LogP contribution in [0.5, 0.6) is 0 Å². The summed E-state index contributed by atoms with van der Waals surface area (Å²) in [6.45, 7) is 0. The van der Waals surface area contributed by atoms with Crippen LogP contribution >= 0.6 is 0 Å². The largest absolute Gasteiger partial charge is 0.399 e. The topological polar surface area (TPSA) is 51.8 Å². The SMILES string of the molecule is Nc1cccc(-c2nccc(C(F)F)n2)c1. The van der Waals surface area contributed by atoms with E-state index in [2.05, 4.69) is 9.97 Å². The van der Waals surface area contributed by atoms with Gasteiger partial charge in [-0.3, -0.25) is 0 Å². The maximum Gasteiger partial charge on any atom is 0.280 e. The molecule has 0 aliphatic rings. The number of rotatable bonds is 2. The van der Waals surface area contributed by atoms with Crippen LogP contribution in [0.1, 0.15) is 12.1 Å². The molecule has 2 aromatic rings. The van der Waals surface area contributed by atoms with Gasteiger partial charge in [0.2, 0.25) is 0 Å². The molecule has 0 unspecified atom stereocenters. The molecule has 0 bridgehead atoms. The summed E-state index contributed by atoms with van der Waals surface area (Å²) in [5.41, 5.74) is 6.48. The lowest BCUT2D eigenvalue weighted by Crippen LogP contribution is -1.95. The molecule has 0 atom stereocenters. The maximum atomic E-state index is 12.4. The maximum absolute atomic E-state index is 12.4. The van der Waals surface area contributed by atoms with Gasteiger partial charge < -0.3 is 5.73 Å². The number of anilines is 1. The van der Waals surface area contributed by atoms with Crippen molar-refractivity contribution in [1.29, 1.82) is 0 Å². The number of aromatic nitrogens is 2. The average Bonchev–Trinajstić information content (AvgIpc) is 2.29. The predicted octanol–water partition coefficient (Wildman–Crippen LogP) is 2.66. The number of benzene rings is 1. The molecule has 82 valence electrons. The number of nitrogens with two attached hydrogens (primary N) is 1. The lowest BCUT2D eigenvalue weighted by Gasteiger charge is -2.03. The van der Waals surface area contributed by atoms with E-state index in [1.54, 1.807) is 24.3 Å². The molecule has 3 nitrogen and oxygen atoms in total. The van der Waals surface area contributed by atoms with Crippen LogP contribution in [0.15, 0.2) is 36.5 Å². The molecule has 5 heteroatoms. The number of alkyl halides is 2. The monoisotopic (exact) mass is 221 g/mol. The fourth-order valence-corrected chi connectivity index (χ4v) is 1.31. The minimum absolute atomic E-state index is 0.255. The second-order valence-electron chi connectivity index (χ2n) is 3.23. The van der Waals surface area contributed by atoms with Crippen molar-refractivity contribution in [3.05, 3.63) is 42.2 Å². The Morgan fingerprint density at radius 3 is 2.69 bits per heavy atom. The summed E-state index contributed by atoms with van der Waals surface area (Å²) in [5.74, 6) is 0.255. The summed E-state index contributed by atoms with van der Waals surface area (Å²) < 4.78 is 24.9. The molecule has 0 aliphatic heterocycles. The van der Waals surface area contributed by atoms with Gasteiger partial charge in [-0.15, -0.1) is 0 Å². The Kier molecular flexibility index (Phi) is 2.76. The van der Waals surface area contributed by atoms with Gasteiger partial charge in [-0.25, -0.2) is 18.7 Å². The van der Waals surface area contributed by atoms with Gasteiger partial charge >= 0.3 is 0 Å². The quantitative estimate of drug-likeness (QED) is 0.793. The van der Waals surface area contributed by atoms with Crippen molar-refractivity contribution in [2.45, 2.75) is 6.43 Å². The number of nitrogens with zero attached hydrogens (tertiary/aromatic N) is 2. The summed E-state index contributed by atoms with van der Waals surface area (Å²) in [7, 11) is 0. The fourth-order valence-electron chi connectivity index (χ4n) is 1.31. The van der Waals surface area contributed by atoms with Gasteiger partial charge in [0.05, 0.1) is 0 Å². The van der Waals surface area contributed by atoms with E-state index in [1.807, 2.05) is 0 Å². The second kappa shape index (κ2) is 4.22. The number of hydrogen-bond acceptors (Lipinski definition) is 3. The highest BCUT2D eigenvalue weighted by Gasteiger charge is 2.10. The van der Waals surface area contributed by atoms with E-state index in [0.29, 0.717) is 11.3 Å². The van der Waals surface area contributed by atoms with Gasteiger partial charge in [0.25, 0.3) is 6.43 Å². The van der Waals surface area contributed by atoms with Crippen LogP contribution in [0.4, 0.5) is 14.5 Å². The summed E-state index contributed by atoms with van der Waals surface area (Å²) >= 11 is 0. The molecule has 1 aromatic heterocycles. The molecule has 1 heterocycles. The first-order valence-corrected chi connectivity index (χ1v) is 4.64. The van der Waals surface area contributed by atoms with E-state index >= 15 is 0 Å². The highest BCUT2D eigenvalue weighted by molar-refractivity contribution is 5.60. The number of nitrogen functional groups attached to an aromatic ring is 1. The van der Waals surface area contributed by atoms with Gasteiger partial charge in [-0.05, 0) is 18.2 Å². The molecule has 0 saturated heterocycles. The lowest BCUT2D eigenvalue weighted by atomic mass is 10.2. The van der Waals surface area contributed by atoms with Crippen molar-refractivity contribution in [1.82, 2.24) is 9.97 Å². The van der Waals surface area contributed by atoms with E-state index in [4.69, 9.17) is 5.73 Å². The van der Waals surface area contributed by atoms with Gasteiger partial charge in [-0.1, -0.05) is 12.1 Å². The zero-order chi connectivity index (χ0) is 11.5. The van der Waals surface area contributed by atoms with E-state index < -0.39 is 6.43 Å². The van der Waals surface area contributed by atoms with Gasteiger partial charge in [0, 0.05) is 17.4 Å². The molecular formula is C11H9F2N3. The lowest BCUT2D eigenvalue weighted by molar-refractivity contribution is 0.146. The van der Waals surface area contributed by atoms with Crippen LogP contribution in [-0.4, -0.2) is 9.97 Å². The van der Waals surface area contributed by atoms with Crippen LogP contribution < -0.4 is 5.73 Å². The molecule has 1 aromatic carbocycles. The second-order valence-corrected chi connectivity index (χ2v) is 3.23. The van der Waals surface area contributed by atoms with E-state index in [0.717, 1.165) is 0 Å². The molecule has 0 spiro atoms. The van der Waals surface area contributed by atoms with Crippen molar-refractivity contribution >= 4 is 5.69 Å². The van der Waals surface area contributed by atoms with Crippen molar-refractivity contribution in [2.75, 3.05) is 5.73 Å². The molecule has 0 aliphatic carbocycles. The Labute approximate surface area is 91.0 Å². The van der Waals surface area contributed by atoms with E-state index in [9.17, 15) is 8.78 Å². The Balaban J connectivity index is 2.44. The minimum Gasteiger partial charge on any atom is -0.399 e. The first-order chi connectivity index (χ1) is 7.66. The van der Waals surface area contributed by atoms with Crippen LogP contribution in [0.2, 0.25) is 0 Å². The van der Waals surface area contributed by atoms with Gasteiger partial charge in [0.1, 0.15) is 5.69 Å². The van der Waals surface area contributed by atoms with Crippen molar-refractivity contribution in [2.24, 2.45) is 0 Å². The van der Waals surface area contributed by atoms with Gasteiger partial charge in [0.15, 0.2) is 5.82 Å². The molecule has 2 N–H and O–H groups in total. The van der Waals surface area contributed by atoms with Crippen molar-refractivity contribution in [3.8, 4) is 11.4 Å². The average molecular weight is 221 g/mol. The highest BCUT2D eigenvalue weighted by Crippen LogP contribution is 2.21. The third-order valence-corrected chi connectivity index (χ3v) is 2.05. The zero-order valence-electron chi connectivity index (χ0n) is 8.27. The van der Waals surface area contributed by atoms with Crippen LogP contribution in [-0.2, 0) is 0 Å². The molecular weight excluding hydrogens is 212 g/mol. The van der Waals surface area contributed by atoms with E-state index in [-0.39, 0.29) is 11.5 Å². The van der Waals surface area contributed by atoms with Crippen molar-refractivity contribution in [3.63, 3.8) is 0 Å². The minimum atomic E-state index is -2.59. The first-order valence-electron chi connectivity index (χ1n) is 4.64. The summed E-state index contributed by atoms with van der Waals surface area (Å²) in [5, 5.41) is 0. The third kappa shape index (κ3) is 2.13. The molecule has 0 saturated carbocycles. The van der Waals surface area contributed by atoms with Crippen molar-refractivity contribution < 1.29 is 8.78 Å². The first kappa shape index (κ1) is 10.5. The Bertz CT molecular complexity index is 500. The van der Waals surface area contributed by atoms with Gasteiger partial charge in [-0.2, -0.15) is 0 Å². The van der Waals surface area contributed by atoms with Crippen LogP contribution in [0.25, 0.3) is 11.4 Å². The molecule has 0 fully saturated rings. The molecule has 2 rings (SSSR count). The summed E-state index contributed by atoms with van der Waals surface area (Å²) in [4.78, 5) is 7.70. The number of halogens is 2. The molecule has 0 radical (unpaired) electrons. The van der Waals surface area contributed by atoms with Crippen LogP contribution in [0, 0.1) is 0 Å². The summed E-state index contributed by atoms with van der Waals surface area (Å²) in [6.07, 6.45) is -1.28. The Hall–Kier alpha value is -2.04. The molecule has 0 amide bonds.